The van der Waals surface area contributed by atoms with E-state index in [0.717, 1.165) is 39.1 Å². The Bertz CT molecular complexity index is 1220. The lowest BCUT2D eigenvalue weighted by Gasteiger charge is -2.29. The molecule has 1 N–H and O–H groups in total. The molecule has 1 fully saturated rings. The van der Waals surface area contributed by atoms with Gasteiger partial charge < -0.3 is 23.9 Å². The number of amides is 1. The molecule has 2 aliphatic rings. The zero-order valence-corrected chi connectivity index (χ0v) is 18.8. The quantitative estimate of drug-likeness (QED) is 0.593. The van der Waals surface area contributed by atoms with Crippen LogP contribution >= 0.6 is 0 Å². The number of ether oxygens (including phenoxy) is 1. The first-order valence-corrected chi connectivity index (χ1v) is 10.9. The molecule has 35 heavy (non-hydrogen) atoms. The zero-order valence-electron chi connectivity index (χ0n) is 18.8. The Morgan fingerprint density at radius 1 is 1.17 bits per heavy atom. The molecule has 1 amide bonds. The second kappa shape index (κ2) is 10.2. The van der Waals surface area contributed by atoms with E-state index in [1.165, 1.54) is 25.1 Å². The van der Waals surface area contributed by atoms with E-state index in [1.54, 1.807) is 9.80 Å². The number of carbonyl (C=O) groups excluding carboxylic acids is 1. The van der Waals surface area contributed by atoms with Crippen LogP contribution < -0.4 is 15.2 Å². The number of rotatable bonds is 3. The summed E-state index contributed by atoms with van der Waals surface area (Å²) in [6.45, 7) is 2.33. The summed E-state index contributed by atoms with van der Waals surface area (Å²) in [6, 6.07) is 0.987. The second-order valence-electron chi connectivity index (χ2n) is 7.94. The van der Waals surface area contributed by atoms with Crippen LogP contribution in [-0.4, -0.2) is 57.5 Å². The Balaban J connectivity index is 0.000000201. The minimum atomic E-state index is -4.57. The fourth-order valence-electron chi connectivity index (χ4n) is 3.95. The zero-order chi connectivity index (χ0) is 25.0. The second-order valence-corrected chi connectivity index (χ2v) is 7.94. The smallest absolute Gasteiger partial charge is 0.421 e. The number of carbonyl (C=O) groups is 1. The molecule has 0 spiro atoms. The van der Waals surface area contributed by atoms with E-state index < -0.39 is 17.6 Å². The highest BCUT2D eigenvalue weighted by Gasteiger charge is 2.36. The number of halogens is 3. The van der Waals surface area contributed by atoms with Crippen molar-refractivity contribution in [2.24, 2.45) is 0 Å². The Kier molecular flexibility index (Phi) is 7.03. The standard InChI is InChI=1S/C14H13F3N4O2.C8H10N2O2/c1-23-13-10(14(15,16)17)4-8(5-18-13)21-3-2-11-9(6-21)12(22)20-7-19-11;11-8(7-5-9-6-12-7)10-3-1-2-4-10/h4-5,7H,2-3,6H2,1H3,(H,19,20,22);5-6H,1-4H2. The van der Waals surface area contributed by atoms with Crippen LogP contribution in [0.3, 0.4) is 0 Å². The number of hydrogen-bond donors (Lipinski definition) is 1. The molecule has 186 valence electrons. The van der Waals surface area contributed by atoms with Gasteiger partial charge in [0.15, 0.2) is 6.39 Å². The van der Waals surface area contributed by atoms with Crippen molar-refractivity contribution in [3.8, 4) is 5.88 Å². The van der Waals surface area contributed by atoms with Crippen LogP contribution in [0.25, 0.3) is 0 Å². The lowest BCUT2D eigenvalue weighted by Crippen LogP contribution is -2.35. The summed E-state index contributed by atoms with van der Waals surface area (Å²) in [5.74, 6) is -0.167. The van der Waals surface area contributed by atoms with Crippen LogP contribution in [0.2, 0.25) is 0 Å². The summed E-state index contributed by atoms with van der Waals surface area (Å²) in [7, 11) is 1.14. The van der Waals surface area contributed by atoms with Gasteiger partial charge in [-0.2, -0.15) is 13.2 Å². The number of likely N-dealkylation sites (tertiary alicyclic amines) is 1. The SMILES string of the molecule is COc1ncc(N2CCc3nc[nH]c(=O)c3C2)cc1C(F)(F)F.O=C(c1cnco1)N1CCCC1. The van der Waals surface area contributed by atoms with Crippen molar-refractivity contribution >= 4 is 11.6 Å². The van der Waals surface area contributed by atoms with Crippen molar-refractivity contribution in [2.45, 2.75) is 32.0 Å². The molecular weight excluding hydrogens is 469 g/mol. The number of nitrogens with zero attached hydrogens (tertiary/aromatic N) is 5. The highest BCUT2D eigenvalue weighted by Crippen LogP contribution is 2.37. The van der Waals surface area contributed by atoms with Crippen LogP contribution in [-0.2, 0) is 19.1 Å². The molecule has 3 aromatic rings. The molecule has 0 aromatic carbocycles. The van der Waals surface area contributed by atoms with E-state index in [9.17, 15) is 22.8 Å². The molecule has 10 nitrogen and oxygen atoms in total. The number of aromatic nitrogens is 4. The van der Waals surface area contributed by atoms with Crippen molar-refractivity contribution in [1.82, 2.24) is 24.8 Å². The number of oxazole rings is 1. The first-order chi connectivity index (χ1) is 16.8. The Hall–Kier alpha value is -3.90. The van der Waals surface area contributed by atoms with Gasteiger partial charge in [-0.25, -0.2) is 15.0 Å². The lowest BCUT2D eigenvalue weighted by atomic mass is 10.1. The predicted molar refractivity (Wildman–Crippen MR) is 117 cm³/mol. The van der Waals surface area contributed by atoms with Gasteiger partial charge >= 0.3 is 6.18 Å². The number of anilines is 1. The number of nitrogens with one attached hydrogen (secondary N) is 1. The Labute approximate surface area is 197 Å². The number of H-pyrrole nitrogens is 1. The normalized spacial score (nSPS) is 15.3. The van der Waals surface area contributed by atoms with E-state index in [1.807, 2.05) is 0 Å². The molecule has 0 unspecified atom stereocenters. The molecule has 0 aliphatic carbocycles. The van der Waals surface area contributed by atoms with Gasteiger partial charge in [0, 0.05) is 26.1 Å². The summed E-state index contributed by atoms with van der Waals surface area (Å²) in [4.78, 5) is 40.8. The first-order valence-electron chi connectivity index (χ1n) is 10.9. The molecule has 0 saturated carbocycles. The fraction of sp³-hybridized carbons (Fsp3) is 0.409. The average molecular weight is 492 g/mol. The Morgan fingerprint density at radius 3 is 2.60 bits per heavy atom. The molecule has 0 bridgehead atoms. The van der Waals surface area contributed by atoms with Crippen molar-refractivity contribution in [1.29, 1.82) is 0 Å². The molecule has 13 heteroatoms. The van der Waals surface area contributed by atoms with Crippen molar-refractivity contribution in [3.05, 3.63) is 64.1 Å². The van der Waals surface area contributed by atoms with Crippen LogP contribution in [0.5, 0.6) is 5.88 Å². The number of aromatic amines is 1. The third kappa shape index (κ3) is 5.44. The molecule has 0 radical (unpaired) electrons. The van der Waals surface area contributed by atoms with Crippen LogP contribution in [0, 0.1) is 0 Å². The molecular formula is C22H23F3N6O4. The largest absolute Gasteiger partial charge is 0.481 e. The monoisotopic (exact) mass is 492 g/mol. The van der Waals surface area contributed by atoms with E-state index in [4.69, 9.17) is 4.42 Å². The third-order valence-electron chi connectivity index (χ3n) is 5.74. The summed E-state index contributed by atoms with van der Waals surface area (Å²) in [6.07, 6.45) is 3.48. The van der Waals surface area contributed by atoms with E-state index >= 15 is 0 Å². The maximum absolute atomic E-state index is 13.1. The van der Waals surface area contributed by atoms with Crippen molar-refractivity contribution in [2.75, 3.05) is 31.6 Å². The highest BCUT2D eigenvalue weighted by molar-refractivity contribution is 5.91. The minimum Gasteiger partial charge on any atom is -0.481 e. The maximum atomic E-state index is 13.1. The van der Waals surface area contributed by atoms with Crippen molar-refractivity contribution < 1.29 is 27.1 Å². The van der Waals surface area contributed by atoms with E-state index in [2.05, 4.69) is 24.7 Å². The van der Waals surface area contributed by atoms with Crippen LogP contribution in [0.4, 0.5) is 18.9 Å². The molecule has 1 saturated heterocycles. The summed E-state index contributed by atoms with van der Waals surface area (Å²) in [5.41, 5.74) is 0.193. The fourth-order valence-corrected chi connectivity index (χ4v) is 3.95. The van der Waals surface area contributed by atoms with Gasteiger partial charge in [-0.1, -0.05) is 0 Å². The number of pyridine rings is 1. The average Bonchev–Trinajstić information content (AvgIpc) is 3.58. The molecule has 2 aliphatic heterocycles. The lowest BCUT2D eigenvalue weighted by molar-refractivity contribution is -0.139. The van der Waals surface area contributed by atoms with Gasteiger partial charge in [-0.15, -0.1) is 0 Å². The first kappa shape index (κ1) is 24.2. The predicted octanol–water partition coefficient (Wildman–Crippen LogP) is 2.67. The van der Waals surface area contributed by atoms with E-state index in [0.29, 0.717) is 30.0 Å². The third-order valence-corrected chi connectivity index (χ3v) is 5.74. The number of methoxy groups -OCH3 is 1. The highest BCUT2D eigenvalue weighted by atomic mass is 19.4. The number of fused-ring (bicyclic) bond motifs is 1. The van der Waals surface area contributed by atoms with Crippen LogP contribution in [0.15, 0.2) is 40.4 Å². The van der Waals surface area contributed by atoms with Gasteiger partial charge in [0.2, 0.25) is 11.6 Å². The number of alkyl halides is 3. The van der Waals surface area contributed by atoms with Gasteiger partial charge in [-0.05, 0) is 18.9 Å². The molecule has 3 aromatic heterocycles. The van der Waals surface area contributed by atoms with Gasteiger partial charge in [0.1, 0.15) is 5.56 Å². The van der Waals surface area contributed by atoms with Gasteiger partial charge in [-0.3, -0.25) is 9.59 Å². The molecule has 5 rings (SSSR count). The number of hydrogen-bond acceptors (Lipinski definition) is 8. The van der Waals surface area contributed by atoms with Crippen LogP contribution in [0.1, 0.15) is 40.2 Å². The van der Waals surface area contributed by atoms with Gasteiger partial charge in [0.25, 0.3) is 11.5 Å². The summed E-state index contributed by atoms with van der Waals surface area (Å²) >= 11 is 0. The topological polar surface area (TPSA) is 117 Å². The summed E-state index contributed by atoms with van der Waals surface area (Å²) < 4.78 is 48.8. The van der Waals surface area contributed by atoms with E-state index in [-0.39, 0.29) is 23.7 Å². The van der Waals surface area contributed by atoms with Gasteiger partial charge in [0.05, 0.1) is 49.3 Å². The molecule has 0 atom stereocenters. The summed E-state index contributed by atoms with van der Waals surface area (Å²) in [5, 5.41) is 0. The molecule has 5 heterocycles. The van der Waals surface area contributed by atoms with Crippen molar-refractivity contribution in [3.63, 3.8) is 0 Å². The minimum absolute atomic E-state index is 0.0370. The maximum Gasteiger partial charge on any atom is 0.421 e. The Morgan fingerprint density at radius 2 is 1.94 bits per heavy atom.